The van der Waals surface area contributed by atoms with Crippen molar-refractivity contribution in [3.8, 4) is 0 Å². The summed E-state index contributed by atoms with van der Waals surface area (Å²) < 4.78 is 0. The molecule has 2 heterocycles. The third-order valence-electron chi connectivity index (χ3n) is 6.06. The first kappa shape index (κ1) is 28.3. The molecule has 1 N–H and O–H groups in total. The number of halogens is 1. The van der Waals surface area contributed by atoms with Crippen LogP contribution in [0.4, 0.5) is 5.82 Å². The number of benzene rings is 1. The molecule has 0 radical (unpaired) electrons. The van der Waals surface area contributed by atoms with Crippen LogP contribution in [0.1, 0.15) is 53.0 Å². The summed E-state index contributed by atoms with van der Waals surface area (Å²) in [4.78, 5) is 38.3. The number of amides is 2. The number of nitrogens with one attached hydrogen (secondary N) is 1. The number of rotatable bonds is 9. The summed E-state index contributed by atoms with van der Waals surface area (Å²) in [7, 11) is 0. The first-order valence-electron chi connectivity index (χ1n) is 12.6. The summed E-state index contributed by atoms with van der Waals surface area (Å²) in [5.41, 5.74) is 1.23. The maximum Gasteiger partial charge on any atom is 0.230 e. The largest absolute Gasteiger partial charge is 0.353 e. The number of piperazine rings is 1. The van der Waals surface area contributed by atoms with Crippen LogP contribution in [-0.4, -0.2) is 64.2 Å². The van der Waals surface area contributed by atoms with Gasteiger partial charge in [0.25, 0.3) is 0 Å². The van der Waals surface area contributed by atoms with E-state index in [2.05, 4.69) is 60.0 Å². The SMILES string of the molecule is CC(CCc1ccccc1)NC(=O)CSc1nc(Cl)cc(N2CCN(C(=O)CC(C)(C)C)C(C)C2)n1. The third kappa shape index (κ3) is 8.96. The Balaban J connectivity index is 1.50. The number of hydrogen-bond donors (Lipinski definition) is 1. The minimum atomic E-state index is -0.0507. The summed E-state index contributed by atoms with van der Waals surface area (Å²) in [5, 5.41) is 3.87. The zero-order valence-electron chi connectivity index (χ0n) is 22.0. The molecule has 1 fully saturated rings. The van der Waals surface area contributed by atoms with Crippen molar-refractivity contribution in [2.24, 2.45) is 5.41 Å². The number of anilines is 1. The Morgan fingerprint density at radius 3 is 2.58 bits per heavy atom. The number of aryl methyl sites for hydroxylation is 1. The highest BCUT2D eigenvalue weighted by Crippen LogP contribution is 2.26. The minimum absolute atomic E-state index is 0.0355. The predicted octanol–water partition coefficient (Wildman–Crippen LogP) is 4.83. The first-order chi connectivity index (χ1) is 17.0. The average molecular weight is 532 g/mol. The summed E-state index contributed by atoms with van der Waals surface area (Å²) >= 11 is 7.58. The van der Waals surface area contributed by atoms with Crippen LogP contribution in [0.25, 0.3) is 0 Å². The second kappa shape index (κ2) is 12.8. The van der Waals surface area contributed by atoms with E-state index < -0.39 is 0 Å². The molecule has 3 rings (SSSR count). The molecule has 2 unspecified atom stereocenters. The van der Waals surface area contributed by atoms with Gasteiger partial charge >= 0.3 is 0 Å². The lowest BCUT2D eigenvalue weighted by atomic mass is 9.91. The van der Waals surface area contributed by atoms with Crippen molar-refractivity contribution < 1.29 is 9.59 Å². The van der Waals surface area contributed by atoms with Crippen LogP contribution in [0.15, 0.2) is 41.6 Å². The van der Waals surface area contributed by atoms with Crippen LogP contribution in [0.5, 0.6) is 0 Å². The van der Waals surface area contributed by atoms with Crippen molar-refractivity contribution in [2.75, 3.05) is 30.3 Å². The molecule has 2 aromatic rings. The standard InChI is InChI=1S/C27H38ClN5O2S/c1-19(11-12-21-9-7-6-8-10-21)29-24(34)18-36-26-30-22(28)15-23(31-26)32-13-14-33(20(2)17-32)25(35)16-27(3,4)5/h6-10,15,19-20H,11-14,16-18H2,1-5H3,(H,29,34). The average Bonchev–Trinajstić information content (AvgIpc) is 2.80. The number of aromatic nitrogens is 2. The van der Waals surface area contributed by atoms with Crippen LogP contribution < -0.4 is 10.2 Å². The molecule has 0 spiro atoms. The zero-order valence-corrected chi connectivity index (χ0v) is 23.5. The highest BCUT2D eigenvalue weighted by atomic mass is 35.5. The van der Waals surface area contributed by atoms with Gasteiger partial charge in [-0.15, -0.1) is 0 Å². The second-order valence-electron chi connectivity index (χ2n) is 10.7. The van der Waals surface area contributed by atoms with Gasteiger partial charge in [0.1, 0.15) is 11.0 Å². The quantitative estimate of drug-likeness (QED) is 0.283. The monoisotopic (exact) mass is 531 g/mol. The van der Waals surface area contributed by atoms with Gasteiger partial charge in [-0.25, -0.2) is 9.97 Å². The van der Waals surface area contributed by atoms with Crippen molar-refractivity contribution in [3.63, 3.8) is 0 Å². The number of nitrogens with zero attached hydrogens (tertiary/aromatic N) is 4. The Kier molecular flexibility index (Phi) is 10.0. The van der Waals surface area contributed by atoms with E-state index in [0.717, 1.165) is 18.7 Å². The van der Waals surface area contributed by atoms with Gasteiger partial charge in [-0.2, -0.15) is 0 Å². The normalized spacial score (nSPS) is 17.1. The summed E-state index contributed by atoms with van der Waals surface area (Å²) in [6, 6.07) is 12.2. The van der Waals surface area contributed by atoms with Crippen molar-refractivity contribution in [2.45, 2.75) is 71.1 Å². The fraction of sp³-hybridized carbons (Fsp3) is 0.556. The Bertz CT molecular complexity index is 1030. The molecule has 36 heavy (non-hydrogen) atoms. The number of carbonyl (C=O) groups excluding carboxylic acids is 2. The van der Waals surface area contributed by atoms with Crippen LogP contribution in [0.3, 0.4) is 0 Å². The molecule has 9 heteroatoms. The van der Waals surface area contributed by atoms with E-state index in [9.17, 15) is 9.59 Å². The summed E-state index contributed by atoms with van der Waals surface area (Å²) in [6.07, 6.45) is 2.33. The molecular formula is C27H38ClN5O2S. The fourth-order valence-electron chi connectivity index (χ4n) is 4.25. The second-order valence-corrected chi connectivity index (χ2v) is 12.1. The Hall–Kier alpha value is -2.32. The maximum atomic E-state index is 12.7. The zero-order chi connectivity index (χ0) is 26.3. The van der Waals surface area contributed by atoms with Gasteiger partial charge in [0, 0.05) is 44.2 Å². The van der Waals surface area contributed by atoms with Gasteiger partial charge in [0.15, 0.2) is 5.16 Å². The topological polar surface area (TPSA) is 78.4 Å². The van der Waals surface area contributed by atoms with E-state index in [1.54, 1.807) is 6.07 Å². The molecule has 0 aliphatic carbocycles. The smallest absolute Gasteiger partial charge is 0.230 e. The molecule has 1 aliphatic heterocycles. The molecule has 1 saturated heterocycles. The highest BCUT2D eigenvalue weighted by molar-refractivity contribution is 7.99. The van der Waals surface area contributed by atoms with Gasteiger partial charge in [-0.3, -0.25) is 9.59 Å². The molecule has 2 amide bonds. The molecule has 0 saturated carbocycles. The lowest BCUT2D eigenvalue weighted by Crippen LogP contribution is -2.54. The maximum absolute atomic E-state index is 12.7. The van der Waals surface area contributed by atoms with Crippen molar-refractivity contribution in [1.29, 1.82) is 0 Å². The van der Waals surface area contributed by atoms with E-state index in [-0.39, 0.29) is 35.1 Å². The Morgan fingerprint density at radius 2 is 1.92 bits per heavy atom. The summed E-state index contributed by atoms with van der Waals surface area (Å²) in [5.74, 6) is 1.09. The van der Waals surface area contributed by atoms with Gasteiger partial charge in [-0.05, 0) is 37.7 Å². The molecule has 196 valence electrons. The lowest BCUT2D eigenvalue weighted by molar-refractivity contribution is -0.135. The number of thioether (sulfide) groups is 1. The van der Waals surface area contributed by atoms with E-state index >= 15 is 0 Å². The highest BCUT2D eigenvalue weighted by Gasteiger charge is 2.30. The Morgan fingerprint density at radius 1 is 1.19 bits per heavy atom. The van der Waals surface area contributed by atoms with Gasteiger partial charge in [0.2, 0.25) is 11.8 Å². The van der Waals surface area contributed by atoms with Crippen molar-refractivity contribution >= 4 is 41.0 Å². The molecule has 1 aliphatic rings. The minimum Gasteiger partial charge on any atom is -0.353 e. The number of hydrogen-bond acceptors (Lipinski definition) is 6. The molecular weight excluding hydrogens is 494 g/mol. The fourth-order valence-corrected chi connectivity index (χ4v) is 5.14. The first-order valence-corrected chi connectivity index (χ1v) is 13.9. The van der Waals surface area contributed by atoms with Gasteiger partial charge < -0.3 is 15.1 Å². The van der Waals surface area contributed by atoms with Gasteiger partial charge in [0.05, 0.1) is 5.75 Å². The molecule has 1 aromatic heterocycles. The third-order valence-corrected chi connectivity index (χ3v) is 7.10. The van der Waals surface area contributed by atoms with E-state index in [1.165, 1.54) is 17.3 Å². The van der Waals surface area contributed by atoms with Crippen LogP contribution in [-0.2, 0) is 16.0 Å². The Labute approximate surface area is 224 Å². The van der Waals surface area contributed by atoms with Crippen molar-refractivity contribution in [3.05, 3.63) is 47.1 Å². The molecule has 7 nitrogen and oxygen atoms in total. The predicted molar refractivity (Wildman–Crippen MR) is 148 cm³/mol. The molecule has 1 aromatic carbocycles. The van der Waals surface area contributed by atoms with Crippen LogP contribution in [0, 0.1) is 5.41 Å². The van der Waals surface area contributed by atoms with Crippen molar-refractivity contribution in [1.82, 2.24) is 20.2 Å². The van der Waals surface area contributed by atoms with E-state index in [1.807, 2.05) is 30.0 Å². The molecule has 0 bridgehead atoms. The summed E-state index contributed by atoms with van der Waals surface area (Å²) in [6.45, 7) is 12.3. The van der Waals surface area contributed by atoms with E-state index in [4.69, 9.17) is 11.6 Å². The van der Waals surface area contributed by atoms with Gasteiger partial charge in [-0.1, -0.05) is 74.5 Å². The lowest BCUT2D eigenvalue weighted by Gasteiger charge is -2.41. The van der Waals surface area contributed by atoms with Crippen LogP contribution >= 0.6 is 23.4 Å². The van der Waals surface area contributed by atoms with Crippen LogP contribution in [0.2, 0.25) is 5.15 Å². The van der Waals surface area contributed by atoms with E-state index in [0.29, 0.717) is 36.4 Å². The number of carbonyl (C=O) groups is 2. The molecule has 2 atom stereocenters.